The predicted octanol–water partition coefficient (Wildman–Crippen LogP) is 0.275. The zero-order valence-electron chi connectivity index (χ0n) is 11.2. The Kier molecular flexibility index (Phi) is 3.27. The van der Waals surface area contributed by atoms with Gasteiger partial charge in [-0.2, -0.15) is 0 Å². The molecule has 2 aliphatic carbocycles. The van der Waals surface area contributed by atoms with E-state index < -0.39 is 27.6 Å². The van der Waals surface area contributed by atoms with Gasteiger partial charge in [-0.3, -0.25) is 9.59 Å². The van der Waals surface area contributed by atoms with E-state index in [1.165, 1.54) is 0 Å². The summed E-state index contributed by atoms with van der Waals surface area (Å²) in [5.74, 6) is -1.89. The van der Waals surface area contributed by atoms with Crippen LogP contribution in [-0.2, 0) is 19.4 Å². The van der Waals surface area contributed by atoms with E-state index in [0.717, 1.165) is 12.8 Å². The van der Waals surface area contributed by atoms with Gasteiger partial charge in [0.25, 0.3) is 0 Å². The molecule has 7 heteroatoms. The average molecular weight is 301 g/mol. The Balaban J connectivity index is 1.74. The van der Waals surface area contributed by atoms with Gasteiger partial charge in [0, 0.05) is 12.1 Å². The average Bonchev–Trinajstić information content (AvgIpc) is 3.02. The van der Waals surface area contributed by atoms with Crippen LogP contribution < -0.4 is 0 Å². The van der Waals surface area contributed by atoms with Crippen LogP contribution in [0.3, 0.4) is 0 Å². The van der Waals surface area contributed by atoms with Crippen molar-refractivity contribution in [3.05, 3.63) is 0 Å². The van der Waals surface area contributed by atoms with Gasteiger partial charge in [-0.1, -0.05) is 0 Å². The van der Waals surface area contributed by atoms with Gasteiger partial charge < -0.3 is 10.0 Å². The number of carboxylic acids is 1. The molecule has 3 atom stereocenters. The minimum absolute atomic E-state index is 0.0414. The third kappa shape index (κ3) is 2.43. The second-order valence-corrected chi connectivity index (χ2v) is 8.39. The minimum atomic E-state index is -3.03. The highest BCUT2D eigenvalue weighted by molar-refractivity contribution is 7.91. The number of nitrogens with zero attached hydrogens (tertiary/aromatic N) is 1. The first-order chi connectivity index (χ1) is 9.39. The van der Waals surface area contributed by atoms with Crippen molar-refractivity contribution in [1.82, 2.24) is 4.90 Å². The molecule has 1 heterocycles. The Morgan fingerprint density at radius 2 is 1.60 bits per heavy atom. The van der Waals surface area contributed by atoms with Crippen molar-refractivity contribution in [3.63, 3.8) is 0 Å². The van der Waals surface area contributed by atoms with Gasteiger partial charge in [-0.25, -0.2) is 8.42 Å². The van der Waals surface area contributed by atoms with Crippen molar-refractivity contribution in [1.29, 1.82) is 0 Å². The number of carbonyl (C=O) groups excluding carboxylic acids is 1. The van der Waals surface area contributed by atoms with Crippen LogP contribution in [0.1, 0.15) is 32.1 Å². The number of sulfone groups is 1. The number of hydrogen-bond acceptors (Lipinski definition) is 4. The summed E-state index contributed by atoms with van der Waals surface area (Å²) in [5, 5.41) is 9.07. The second kappa shape index (κ2) is 4.72. The van der Waals surface area contributed by atoms with Gasteiger partial charge in [0.05, 0.1) is 23.3 Å². The summed E-state index contributed by atoms with van der Waals surface area (Å²) in [6, 6.07) is -0.106. The summed E-state index contributed by atoms with van der Waals surface area (Å²) in [7, 11) is -3.03. The SMILES string of the molecule is O=C(O)C1CCC1C(=O)N(C1CC1)C1CCS(=O)(=O)C1. The maximum absolute atomic E-state index is 12.6. The lowest BCUT2D eigenvalue weighted by molar-refractivity contribution is -0.157. The molecule has 1 aliphatic heterocycles. The fraction of sp³-hybridized carbons (Fsp3) is 0.846. The third-order valence-electron chi connectivity index (χ3n) is 4.71. The van der Waals surface area contributed by atoms with Crippen molar-refractivity contribution >= 4 is 21.7 Å². The van der Waals surface area contributed by atoms with Crippen LogP contribution >= 0.6 is 0 Å². The molecule has 2 saturated carbocycles. The quantitative estimate of drug-likeness (QED) is 0.805. The molecule has 0 bridgehead atoms. The van der Waals surface area contributed by atoms with Crippen molar-refractivity contribution in [3.8, 4) is 0 Å². The van der Waals surface area contributed by atoms with Crippen molar-refractivity contribution in [2.75, 3.05) is 11.5 Å². The first kappa shape index (κ1) is 13.9. The molecular weight excluding hydrogens is 282 g/mol. The Bertz CT molecular complexity index is 539. The molecule has 1 N–H and O–H groups in total. The molecule has 6 nitrogen and oxygen atoms in total. The number of aliphatic carboxylic acids is 1. The zero-order chi connectivity index (χ0) is 14.5. The lowest BCUT2D eigenvalue weighted by atomic mass is 9.72. The Morgan fingerprint density at radius 3 is 2.00 bits per heavy atom. The van der Waals surface area contributed by atoms with Crippen LogP contribution in [0.25, 0.3) is 0 Å². The molecule has 3 unspecified atom stereocenters. The second-order valence-electron chi connectivity index (χ2n) is 6.16. The van der Waals surface area contributed by atoms with Gasteiger partial charge >= 0.3 is 5.97 Å². The standard InChI is InChI=1S/C13H19NO5S/c15-12(10-3-4-11(10)13(16)17)14(8-1-2-8)9-5-6-20(18,19)7-9/h8-11H,1-7H2,(H,16,17). The van der Waals surface area contributed by atoms with Crippen LogP contribution in [0.15, 0.2) is 0 Å². The number of hydrogen-bond donors (Lipinski definition) is 1. The zero-order valence-corrected chi connectivity index (χ0v) is 12.0. The van der Waals surface area contributed by atoms with Crippen LogP contribution in [0.5, 0.6) is 0 Å². The summed E-state index contributed by atoms with van der Waals surface area (Å²) in [5.41, 5.74) is 0. The van der Waals surface area contributed by atoms with Gasteiger partial charge in [-0.15, -0.1) is 0 Å². The molecule has 0 radical (unpaired) electrons. The van der Waals surface area contributed by atoms with Gasteiger partial charge in [0.2, 0.25) is 5.91 Å². The molecule has 1 saturated heterocycles. The normalized spacial score (nSPS) is 35.3. The lowest BCUT2D eigenvalue weighted by Gasteiger charge is -2.38. The van der Waals surface area contributed by atoms with Crippen molar-refractivity contribution in [2.24, 2.45) is 11.8 Å². The monoisotopic (exact) mass is 301 g/mol. The smallest absolute Gasteiger partial charge is 0.307 e. The molecule has 1 amide bonds. The third-order valence-corrected chi connectivity index (χ3v) is 6.46. The first-order valence-corrected chi connectivity index (χ1v) is 8.96. The Morgan fingerprint density at radius 1 is 0.950 bits per heavy atom. The van der Waals surface area contributed by atoms with E-state index in [1.54, 1.807) is 4.90 Å². The highest BCUT2D eigenvalue weighted by atomic mass is 32.2. The summed E-state index contributed by atoms with van der Waals surface area (Å²) in [6.45, 7) is 0. The lowest BCUT2D eigenvalue weighted by Crippen LogP contribution is -2.51. The van der Waals surface area contributed by atoms with E-state index >= 15 is 0 Å². The minimum Gasteiger partial charge on any atom is -0.481 e. The van der Waals surface area contributed by atoms with E-state index in [-0.39, 0.29) is 29.5 Å². The fourth-order valence-corrected chi connectivity index (χ4v) is 5.00. The Hall–Kier alpha value is -1.11. The van der Waals surface area contributed by atoms with Crippen molar-refractivity contribution < 1.29 is 23.1 Å². The molecule has 20 heavy (non-hydrogen) atoms. The van der Waals surface area contributed by atoms with E-state index in [4.69, 9.17) is 5.11 Å². The summed E-state index contributed by atoms with van der Waals surface area (Å²) >= 11 is 0. The molecule has 0 aromatic carbocycles. The first-order valence-electron chi connectivity index (χ1n) is 7.14. The molecule has 3 aliphatic rings. The highest BCUT2D eigenvalue weighted by Gasteiger charge is 2.49. The van der Waals surface area contributed by atoms with Crippen LogP contribution in [0.2, 0.25) is 0 Å². The number of carbonyl (C=O) groups is 2. The molecule has 0 spiro atoms. The maximum Gasteiger partial charge on any atom is 0.307 e. The van der Waals surface area contributed by atoms with E-state index in [1.807, 2.05) is 0 Å². The van der Waals surface area contributed by atoms with Crippen LogP contribution in [-0.4, -0.2) is 53.9 Å². The number of amides is 1. The number of carboxylic acid groups (broad SMARTS) is 1. The highest BCUT2D eigenvalue weighted by Crippen LogP contribution is 2.40. The summed E-state index contributed by atoms with van der Waals surface area (Å²) in [4.78, 5) is 25.4. The molecule has 0 aromatic heterocycles. The van der Waals surface area contributed by atoms with Gasteiger partial charge in [0.1, 0.15) is 0 Å². The molecule has 3 rings (SSSR count). The van der Waals surface area contributed by atoms with E-state index in [9.17, 15) is 18.0 Å². The summed E-state index contributed by atoms with van der Waals surface area (Å²) in [6.07, 6.45) is 3.47. The van der Waals surface area contributed by atoms with Gasteiger partial charge in [-0.05, 0) is 32.1 Å². The molecule has 0 aromatic rings. The number of rotatable bonds is 4. The van der Waals surface area contributed by atoms with E-state index in [0.29, 0.717) is 19.3 Å². The van der Waals surface area contributed by atoms with Crippen LogP contribution in [0, 0.1) is 11.8 Å². The van der Waals surface area contributed by atoms with E-state index in [2.05, 4.69) is 0 Å². The van der Waals surface area contributed by atoms with Gasteiger partial charge in [0.15, 0.2) is 9.84 Å². The maximum atomic E-state index is 12.6. The molecule has 112 valence electrons. The topological polar surface area (TPSA) is 91.8 Å². The molecular formula is C13H19NO5S. The Labute approximate surface area is 118 Å². The largest absolute Gasteiger partial charge is 0.481 e. The molecule has 3 fully saturated rings. The summed E-state index contributed by atoms with van der Waals surface area (Å²) < 4.78 is 23.2. The fourth-order valence-electron chi connectivity index (χ4n) is 3.29. The van der Waals surface area contributed by atoms with Crippen molar-refractivity contribution in [2.45, 2.75) is 44.2 Å². The van der Waals surface area contributed by atoms with Crippen LogP contribution in [0.4, 0.5) is 0 Å². The predicted molar refractivity (Wildman–Crippen MR) is 70.8 cm³/mol.